The fraction of sp³-hybridized carbons (Fsp3) is 0.714. The minimum absolute atomic E-state index is 0.360. The number of alkyl carbamates (subject to hydrolysis) is 1. The molecule has 0 fully saturated rings. The van der Waals surface area contributed by atoms with E-state index in [1.54, 1.807) is 11.8 Å². The topological polar surface area (TPSA) is 62.7 Å². The summed E-state index contributed by atoms with van der Waals surface area (Å²) >= 11 is 1.69. The number of nitrogens with zero attached hydrogens (tertiary/aromatic N) is 1. The molecular weight excluding hydrogens is 190 g/mol. The van der Waals surface area contributed by atoms with Gasteiger partial charge in [0.05, 0.1) is 13.1 Å². The van der Waals surface area contributed by atoms with E-state index in [2.05, 4.69) is 15.6 Å². The van der Waals surface area contributed by atoms with E-state index in [0.29, 0.717) is 13.2 Å². The van der Waals surface area contributed by atoms with E-state index in [0.717, 1.165) is 17.5 Å². The summed E-state index contributed by atoms with van der Waals surface area (Å²) in [5, 5.41) is 6.38. The molecule has 13 heavy (non-hydrogen) atoms. The lowest BCUT2D eigenvalue weighted by atomic mass is 10.7. The van der Waals surface area contributed by atoms with E-state index in [9.17, 15) is 4.79 Å². The van der Waals surface area contributed by atoms with Crippen molar-refractivity contribution in [3.8, 4) is 0 Å². The largest absolute Gasteiger partial charge is 0.448 e. The first-order valence-electron chi connectivity index (χ1n) is 4.08. The third-order valence-corrected chi connectivity index (χ3v) is 2.33. The number of carbonyl (C=O) groups excluding carboxylic acids is 1. The van der Waals surface area contributed by atoms with Crippen LogP contribution in [0.15, 0.2) is 4.99 Å². The van der Waals surface area contributed by atoms with Crippen LogP contribution in [0.1, 0.15) is 0 Å². The molecule has 0 aromatic rings. The normalized spacial score (nSPS) is 15.0. The Hall–Kier alpha value is -0.910. The molecule has 2 N–H and O–H groups in total. The van der Waals surface area contributed by atoms with E-state index < -0.39 is 6.09 Å². The predicted octanol–water partition coefficient (Wildman–Crippen LogP) is 0.0348. The second-order valence-corrected chi connectivity index (χ2v) is 3.43. The zero-order chi connectivity index (χ0) is 9.52. The Balaban J connectivity index is 1.97. The molecule has 0 saturated heterocycles. The lowest BCUT2D eigenvalue weighted by molar-refractivity contribution is 0.150. The van der Waals surface area contributed by atoms with Gasteiger partial charge in [0, 0.05) is 12.8 Å². The number of amidine groups is 1. The van der Waals surface area contributed by atoms with Crippen molar-refractivity contribution in [3.05, 3.63) is 0 Å². The average Bonchev–Trinajstić information content (AvgIpc) is 2.64. The number of thioether (sulfide) groups is 1. The van der Waals surface area contributed by atoms with Crippen molar-refractivity contribution in [1.82, 2.24) is 10.6 Å². The van der Waals surface area contributed by atoms with Gasteiger partial charge in [-0.1, -0.05) is 11.8 Å². The van der Waals surface area contributed by atoms with Crippen LogP contribution in [0, 0.1) is 0 Å². The highest BCUT2D eigenvalue weighted by Crippen LogP contribution is 2.08. The van der Waals surface area contributed by atoms with Crippen molar-refractivity contribution in [2.24, 2.45) is 4.99 Å². The van der Waals surface area contributed by atoms with Crippen molar-refractivity contribution in [3.63, 3.8) is 0 Å². The van der Waals surface area contributed by atoms with Crippen LogP contribution in [0.2, 0.25) is 0 Å². The Kier molecular flexibility index (Phi) is 4.45. The summed E-state index contributed by atoms with van der Waals surface area (Å²) in [5.41, 5.74) is 0. The summed E-state index contributed by atoms with van der Waals surface area (Å²) < 4.78 is 4.77. The molecule has 0 aliphatic carbocycles. The van der Waals surface area contributed by atoms with Crippen LogP contribution in [-0.4, -0.2) is 43.8 Å². The number of aliphatic imine (C=N–C) groups is 1. The van der Waals surface area contributed by atoms with E-state index in [-0.39, 0.29) is 0 Å². The third kappa shape index (κ3) is 4.02. The van der Waals surface area contributed by atoms with Crippen LogP contribution < -0.4 is 10.6 Å². The van der Waals surface area contributed by atoms with Crippen LogP contribution in [0.5, 0.6) is 0 Å². The Labute approximate surface area is 81.3 Å². The van der Waals surface area contributed by atoms with E-state index in [1.807, 2.05) is 0 Å². The Bertz CT molecular complexity index is 208. The average molecular weight is 203 g/mol. The fourth-order valence-corrected chi connectivity index (χ4v) is 1.58. The summed E-state index contributed by atoms with van der Waals surface area (Å²) in [4.78, 5) is 14.8. The van der Waals surface area contributed by atoms with Gasteiger partial charge in [-0.3, -0.25) is 4.99 Å². The molecule has 0 radical (unpaired) electrons. The van der Waals surface area contributed by atoms with E-state index in [4.69, 9.17) is 4.74 Å². The van der Waals surface area contributed by atoms with Gasteiger partial charge < -0.3 is 15.4 Å². The molecule has 0 unspecified atom stereocenters. The maximum Gasteiger partial charge on any atom is 0.406 e. The number of hydrogen-bond acceptors (Lipinski definition) is 5. The number of nitrogens with one attached hydrogen (secondary N) is 2. The van der Waals surface area contributed by atoms with Crippen molar-refractivity contribution < 1.29 is 9.53 Å². The van der Waals surface area contributed by atoms with Crippen LogP contribution in [0.25, 0.3) is 0 Å². The smallest absolute Gasteiger partial charge is 0.406 e. The maximum absolute atomic E-state index is 10.6. The van der Waals surface area contributed by atoms with Crippen LogP contribution in [-0.2, 0) is 4.74 Å². The second kappa shape index (κ2) is 5.69. The van der Waals surface area contributed by atoms with Crippen LogP contribution in [0.4, 0.5) is 4.79 Å². The SMILES string of the molecule is CNC(=O)OCCNC1=NCCS1. The lowest BCUT2D eigenvalue weighted by Gasteiger charge is -2.05. The molecule has 1 aliphatic rings. The first kappa shape index (κ1) is 10.2. The molecule has 1 amide bonds. The Morgan fingerprint density at radius 1 is 1.77 bits per heavy atom. The molecule has 6 heteroatoms. The molecule has 0 atom stereocenters. The zero-order valence-electron chi connectivity index (χ0n) is 7.50. The minimum atomic E-state index is -0.400. The predicted molar refractivity (Wildman–Crippen MR) is 53.2 cm³/mol. The van der Waals surface area contributed by atoms with Gasteiger partial charge in [0.2, 0.25) is 0 Å². The Morgan fingerprint density at radius 2 is 2.62 bits per heavy atom. The molecule has 1 aliphatic heterocycles. The van der Waals surface area contributed by atoms with Crippen molar-refractivity contribution in [2.45, 2.75) is 0 Å². The summed E-state index contributed by atoms with van der Waals surface area (Å²) in [6.07, 6.45) is -0.400. The minimum Gasteiger partial charge on any atom is -0.448 e. The van der Waals surface area contributed by atoms with Gasteiger partial charge in [0.25, 0.3) is 0 Å². The van der Waals surface area contributed by atoms with Gasteiger partial charge in [-0.2, -0.15) is 0 Å². The molecule has 0 spiro atoms. The highest BCUT2D eigenvalue weighted by Gasteiger charge is 2.05. The van der Waals surface area contributed by atoms with Crippen molar-refractivity contribution in [2.75, 3.05) is 32.5 Å². The molecule has 0 aromatic carbocycles. The van der Waals surface area contributed by atoms with Gasteiger partial charge in [-0.25, -0.2) is 4.79 Å². The van der Waals surface area contributed by atoms with Crippen LogP contribution in [0.3, 0.4) is 0 Å². The first-order valence-corrected chi connectivity index (χ1v) is 5.07. The summed E-state index contributed by atoms with van der Waals surface area (Å²) in [7, 11) is 1.53. The first-order chi connectivity index (χ1) is 6.33. The summed E-state index contributed by atoms with van der Waals surface area (Å²) in [6, 6.07) is 0. The highest BCUT2D eigenvalue weighted by atomic mass is 32.2. The van der Waals surface area contributed by atoms with Crippen molar-refractivity contribution >= 4 is 23.0 Å². The van der Waals surface area contributed by atoms with Gasteiger partial charge in [-0.15, -0.1) is 0 Å². The van der Waals surface area contributed by atoms with E-state index in [1.165, 1.54) is 7.05 Å². The van der Waals surface area contributed by atoms with Gasteiger partial charge in [0.15, 0.2) is 5.17 Å². The number of rotatable bonds is 3. The number of hydrogen-bond donors (Lipinski definition) is 2. The van der Waals surface area contributed by atoms with Crippen LogP contribution >= 0.6 is 11.8 Å². The molecular formula is C7H13N3O2S. The monoisotopic (exact) mass is 203 g/mol. The van der Waals surface area contributed by atoms with Gasteiger partial charge in [-0.05, 0) is 0 Å². The fourth-order valence-electron chi connectivity index (χ4n) is 0.816. The third-order valence-electron chi connectivity index (χ3n) is 1.40. The lowest BCUT2D eigenvalue weighted by Crippen LogP contribution is -2.27. The zero-order valence-corrected chi connectivity index (χ0v) is 8.32. The second-order valence-electron chi connectivity index (χ2n) is 2.35. The van der Waals surface area contributed by atoms with Gasteiger partial charge in [0.1, 0.15) is 6.61 Å². The molecule has 5 nitrogen and oxygen atoms in total. The maximum atomic E-state index is 10.6. The standard InChI is InChI=1S/C7H13N3O2S/c1-8-7(11)12-4-2-9-6-10-3-5-13-6/h2-5H2,1H3,(H,8,11)(H,9,10). The highest BCUT2D eigenvalue weighted by molar-refractivity contribution is 8.14. The number of ether oxygens (including phenoxy) is 1. The molecule has 1 rings (SSSR count). The molecule has 0 aromatic heterocycles. The number of amides is 1. The summed E-state index contributed by atoms with van der Waals surface area (Å²) in [5.74, 6) is 1.04. The van der Waals surface area contributed by atoms with Gasteiger partial charge >= 0.3 is 6.09 Å². The molecule has 0 saturated carbocycles. The quantitative estimate of drug-likeness (QED) is 0.635. The molecule has 74 valence electrons. The summed E-state index contributed by atoms with van der Waals surface area (Å²) in [6.45, 7) is 1.85. The Morgan fingerprint density at radius 3 is 3.23 bits per heavy atom. The molecule has 1 heterocycles. The van der Waals surface area contributed by atoms with E-state index >= 15 is 0 Å². The number of carbonyl (C=O) groups is 1. The van der Waals surface area contributed by atoms with Crippen molar-refractivity contribution in [1.29, 1.82) is 0 Å². The molecule has 0 bridgehead atoms.